The fourth-order valence-corrected chi connectivity index (χ4v) is 4.03. The van der Waals surface area contributed by atoms with Gasteiger partial charge in [0, 0.05) is 0 Å². The van der Waals surface area contributed by atoms with Crippen LogP contribution in [0.25, 0.3) is 0 Å². The van der Waals surface area contributed by atoms with Crippen molar-refractivity contribution in [1.82, 2.24) is 0 Å². The molecule has 0 aliphatic carbocycles. The molecule has 0 fully saturated rings. The third-order valence-corrected chi connectivity index (χ3v) is 6.93. The Hall–Kier alpha value is -0.451. The predicted octanol–water partition coefficient (Wildman–Crippen LogP) is 2.78. The van der Waals surface area contributed by atoms with E-state index in [1.807, 2.05) is 26.8 Å². The Morgan fingerprint density at radius 2 is 1.81 bits per heavy atom. The first-order valence-corrected chi connectivity index (χ1v) is 15.4. The van der Waals surface area contributed by atoms with E-state index in [-0.39, 0.29) is 5.97 Å². The van der Waals surface area contributed by atoms with Gasteiger partial charge in [-0.1, -0.05) is 0 Å². The first kappa shape index (κ1) is 13.6. The van der Waals surface area contributed by atoms with Crippen molar-refractivity contribution >= 4 is 28.1 Å². The summed E-state index contributed by atoms with van der Waals surface area (Å²) in [7, 11) is 0. The zero-order valence-electron chi connectivity index (χ0n) is 10.9. The molecule has 1 rings (SSSR count). The molecule has 0 aliphatic rings. The van der Waals surface area contributed by atoms with E-state index in [4.69, 9.17) is 9.15 Å². The molecule has 0 radical (unpaired) electrons. The van der Waals surface area contributed by atoms with Crippen LogP contribution in [0, 0.1) is 0 Å². The van der Waals surface area contributed by atoms with Crippen molar-refractivity contribution < 1.29 is 13.9 Å². The van der Waals surface area contributed by atoms with E-state index in [1.165, 1.54) is 0 Å². The quantitative estimate of drug-likeness (QED) is 0.618. The van der Waals surface area contributed by atoms with Crippen LogP contribution < -0.4 is 3.78 Å². The number of ether oxygens (including phenoxy) is 1. The number of rotatable bonds is 2. The molecular formula is C12H20O3Sn. The summed E-state index contributed by atoms with van der Waals surface area (Å²) < 4.78 is 11.8. The van der Waals surface area contributed by atoms with E-state index in [1.54, 1.807) is 6.07 Å². The first-order chi connectivity index (χ1) is 7.09. The second-order valence-electron chi connectivity index (χ2n) is 5.92. The van der Waals surface area contributed by atoms with Crippen molar-refractivity contribution in [3.8, 4) is 0 Å². The second-order valence-corrected chi connectivity index (χ2v) is 20.2. The fraction of sp³-hybridized carbons (Fsp3) is 0.583. The van der Waals surface area contributed by atoms with Gasteiger partial charge in [-0.3, -0.25) is 0 Å². The van der Waals surface area contributed by atoms with Gasteiger partial charge in [0.15, 0.2) is 0 Å². The molecule has 0 aliphatic heterocycles. The van der Waals surface area contributed by atoms with Crippen molar-refractivity contribution in [2.24, 2.45) is 0 Å². The molecule has 0 atom stereocenters. The third kappa shape index (κ3) is 3.85. The van der Waals surface area contributed by atoms with Gasteiger partial charge >= 0.3 is 101 Å². The van der Waals surface area contributed by atoms with E-state index in [2.05, 4.69) is 14.8 Å². The Kier molecular flexibility index (Phi) is 3.77. The zero-order valence-corrected chi connectivity index (χ0v) is 13.7. The molecule has 0 saturated heterocycles. The van der Waals surface area contributed by atoms with Gasteiger partial charge in [0.2, 0.25) is 0 Å². The zero-order chi connectivity index (χ0) is 12.6. The standard InChI is InChI=1S/C9H11O3.3CH3.Sn/c1-9(2,3)12-8(10)7-5-4-6-11-7;;;;/h4-5H,1-3H3;3*1H3;. The van der Waals surface area contributed by atoms with E-state index in [0.29, 0.717) is 5.76 Å². The molecule has 1 aromatic rings. The number of hydrogen-bond donors (Lipinski definition) is 0. The fourth-order valence-electron chi connectivity index (χ4n) is 1.18. The average molecular weight is 331 g/mol. The molecule has 1 aromatic heterocycles. The van der Waals surface area contributed by atoms with Crippen LogP contribution in [-0.2, 0) is 4.74 Å². The van der Waals surface area contributed by atoms with E-state index in [9.17, 15) is 4.79 Å². The van der Waals surface area contributed by atoms with Crippen LogP contribution in [0.1, 0.15) is 31.3 Å². The van der Waals surface area contributed by atoms with E-state index in [0.717, 1.165) is 3.78 Å². The van der Waals surface area contributed by atoms with Crippen LogP contribution in [0.4, 0.5) is 0 Å². The van der Waals surface area contributed by atoms with Crippen molar-refractivity contribution in [3.05, 3.63) is 17.9 Å². The van der Waals surface area contributed by atoms with Crippen LogP contribution >= 0.6 is 0 Å². The maximum atomic E-state index is 11.7. The van der Waals surface area contributed by atoms with Crippen molar-refractivity contribution in [2.75, 3.05) is 0 Å². The van der Waals surface area contributed by atoms with Crippen LogP contribution in [0.2, 0.25) is 14.8 Å². The molecule has 3 nitrogen and oxygen atoms in total. The van der Waals surface area contributed by atoms with Crippen molar-refractivity contribution in [3.63, 3.8) is 0 Å². The maximum absolute atomic E-state index is 11.7. The summed E-state index contributed by atoms with van der Waals surface area (Å²) in [5.41, 5.74) is -0.477. The molecule has 0 bridgehead atoms. The summed E-state index contributed by atoms with van der Waals surface area (Å²) in [5, 5.41) is 0. The summed E-state index contributed by atoms with van der Waals surface area (Å²) >= 11 is -2.21. The number of carbonyl (C=O) groups excluding carboxylic acids is 1. The minimum absolute atomic E-state index is 0.316. The normalized spacial score (nSPS) is 12.6. The summed E-state index contributed by atoms with van der Waals surface area (Å²) in [6, 6.07) is 3.63. The minimum atomic E-state index is -2.21. The molecule has 0 aromatic carbocycles. The van der Waals surface area contributed by atoms with Gasteiger partial charge in [0.25, 0.3) is 0 Å². The van der Waals surface area contributed by atoms with Crippen LogP contribution in [-0.4, -0.2) is 29.9 Å². The number of furan rings is 1. The Labute approximate surface area is 101 Å². The van der Waals surface area contributed by atoms with Gasteiger partial charge in [-0.15, -0.1) is 0 Å². The Morgan fingerprint density at radius 3 is 2.19 bits per heavy atom. The van der Waals surface area contributed by atoms with Crippen molar-refractivity contribution in [1.29, 1.82) is 0 Å². The third-order valence-electron chi connectivity index (χ3n) is 1.95. The summed E-state index contributed by atoms with van der Waals surface area (Å²) in [5.74, 6) is -0.0640. The molecule has 0 amide bonds. The second kappa shape index (κ2) is 4.43. The van der Waals surface area contributed by atoms with Gasteiger partial charge in [-0.05, 0) is 0 Å². The van der Waals surface area contributed by atoms with Gasteiger partial charge < -0.3 is 0 Å². The Morgan fingerprint density at radius 1 is 1.25 bits per heavy atom. The van der Waals surface area contributed by atoms with Gasteiger partial charge in [0.05, 0.1) is 0 Å². The summed E-state index contributed by atoms with van der Waals surface area (Å²) in [4.78, 5) is 18.4. The van der Waals surface area contributed by atoms with E-state index < -0.39 is 24.0 Å². The molecule has 1 heterocycles. The van der Waals surface area contributed by atoms with Crippen LogP contribution in [0.3, 0.4) is 0 Å². The monoisotopic (exact) mass is 332 g/mol. The molecule has 90 valence electrons. The predicted molar refractivity (Wildman–Crippen MR) is 66.9 cm³/mol. The summed E-state index contributed by atoms with van der Waals surface area (Å²) in [6.45, 7) is 5.53. The molecular weight excluding hydrogens is 311 g/mol. The molecule has 16 heavy (non-hydrogen) atoms. The van der Waals surface area contributed by atoms with Crippen LogP contribution in [0.15, 0.2) is 16.5 Å². The summed E-state index contributed by atoms with van der Waals surface area (Å²) in [6.07, 6.45) is 0. The number of carbonyl (C=O) groups is 1. The number of esters is 1. The molecule has 0 saturated carbocycles. The Balaban J connectivity index is 2.83. The first-order valence-electron chi connectivity index (χ1n) is 5.43. The van der Waals surface area contributed by atoms with Gasteiger partial charge in [0.1, 0.15) is 0 Å². The topological polar surface area (TPSA) is 39.4 Å². The van der Waals surface area contributed by atoms with E-state index >= 15 is 0 Å². The van der Waals surface area contributed by atoms with Crippen LogP contribution in [0.5, 0.6) is 0 Å². The van der Waals surface area contributed by atoms with Gasteiger partial charge in [-0.2, -0.15) is 0 Å². The molecule has 0 spiro atoms. The molecule has 4 heteroatoms. The Bertz CT molecular complexity index is 380. The molecule has 0 N–H and O–H groups in total. The average Bonchev–Trinajstić information content (AvgIpc) is 2.46. The van der Waals surface area contributed by atoms with Gasteiger partial charge in [-0.25, -0.2) is 0 Å². The SMILES string of the molecule is CC(C)(C)OC(=O)c1cc[c]([Sn]([CH3])([CH3])[CH3])o1. The van der Waals surface area contributed by atoms with Crippen molar-refractivity contribution in [2.45, 2.75) is 41.2 Å². The molecule has 0 unspecified atom stereocenters. The number of hydrogen-bond acceptors (Lipinski definition) is 3.